The molecular formula is C20H22N4O3. The maximum absolute atomic E-state index is 12.6. The number of hydrogen-bond donors (Lipinski definition) is 1. The highest BCUT2D eigenvalue weighted by Gasteiger charge is 2.18. The zero-order chi connectivity index (χ0) is 19.7. The molecule has 140 valence electrons. The molecule has 2 aromatic heterocycles. The standard InChI is InChI=1S/C20H22N4O3/c1-11-6-12(2)18(13(3)7-11)22-17(25)10-24(5)20(26)15-8-16-14(4)23-27-19(16)21-9-15/h6-9H,10H2,1-5H3,(H,22,25). The summed E-state index contributed by atoms with van der Waals surface area (Å²) in [5.74, 6) is -0.548. The Morgan fingerprint density at radius 1 is 1.11 bits per heavy atom. The van der Waals surface area contributed by atoms with Gasteiger partial charge in [0.25, 0.3) is 11.6 Å². The van der Waals surface area contributed by atoms with Gasteiger partial charge in [0.15, 0.2) is 0 Å². The monoisotopic (exact) mass is 366 g/mol. The molecule has 1 aromatic carbocycles. The molecule has 7 heteroatoms. The van der Waals surface area contributed by atoms with Crippen LogP contribution in [0, 0.1) is 27.7 Å². The van der Waals surface area contributed by atoms with Gasteiger partial charge in [0.2, 0.25) is 5.91 Å². The number of carbonyl (C=O) groups is 2. The topological polar surface area (TPSA) is 88.3 Å². The number of anilines is 1. The molecule has 0 saturated carbocycles. The van der Waals surface area contributed by atoms with Gasteiger partial charge in [-0.2, -0.15) is 0 Å². The van der Waals surface area contributed by atoms with Crippen LogP contribution in [0.25, 0.3) is 11.1 Å². The molecule has 0 spiro atoms. The van der Waals surface area contributed by atoms with Gasteiger partial charge in [-0.1, -0.05) is 22.9 Å². The van der Waals surface area contributed by atoms with Gasteiger partial charge in [-0.05, 0) is 44.9 Å². The molecule has 0 bridgehead atoms. The van der Waals surface area contributed by atoms with Crippen molar-refractivity contribution in [2.45, 2.75) is 27.7 Å². The van der Waals surface area contributed by atoms with Crippen LogP contribution >= 0.6 is 0 Å². The number of likely N-dealkylation sites (N-methyl/N-ethyl adjacent to an activating group) is 1. The smallest absolute Gasteiger partial charge is 0.257 e. The van der Waals surface area contributed by atoms with E-state index >= 15 is 0 Å². The van der Waals surface area contributed by atoms with Crippen molar-refractivity contribution < 1.29 is 14.1 Å². The second-order valence-electron chi connectivity index (χ2n) is 6.83. The van der Waals surface area contributed by atoms with E-state index in [9.17, 15) is 9.59 Å². The summed E-state index contributed by atoms with van der Waals surface area (Å²) in [5.41, 5.74) is 5.34. The maximum atomic E-state index is 12.6. The number of hydrogen-bond acceptors (Lipinski definition) is 5. The van der Waals surface area contributed by atoms with Gasteiger partial charge < -0.3 is 14.7 Å². The number of nitrogens with zero attached hydrogens (tertiary/aromatic N) is 3. The minimum absolute atomic E-state index is 0.0632. The third-order valence-corrected chi connectivity index (χ3v) is 4.43. The Morgan fingerprint density at radius 2 is 1.78 bits per heavy atom. The molecule has 1 N–H and O–H groups in total. The number of amides is 2. The quantitative estimate of drug-likeness (QED) is 0.766. The lowest BCUT2D eigenvalue weighted by Gasteiger charge is -2.18. The Bertz CT molecular complexity index is 1020. The van der Waals surface area contributed by atoms with E-state index < -0.39 is 0 Å². The Kier molecular flexibility index (Phi) is 4.94. The fourth-order valence-corrected chi connectivity index (χ4v) is 3.13. The number of aryl methyl sites for hydroxylation is 4. The summed E-state index contributed by atoms with van der Waals surface area (Å²) in [4.78, 5) is 30.5. The summed E-state index contributed by atoms with van der Waals surface area (Å²) >= 11 is 0. The van der Waals surface area contributed by atoms with Crippen LogP contribution < -0.4 is 5.32 Å². The van der Waals surface area contributed by atoms with Gasteiger partial charge in [-0.15, -0.1) is 0 Å². The van der Waals surface area contributed by atoms with Crippen molar-refractivity contribution >= 4 is 28.6 Å². The molecule has 2 heterocycles. The summed E-state index contributed by atoms with van der Waals surface area (Å²) in [6, 6.07) is 5.71. The van der Waals surface area contributed by atoms with E-state index in [4.69, 9.17) is 4.52 Å². The highest BCUT2D eigenvalue weighted by Crippen LogP contribution is 2.22. The number of benzene rings is 1. The zero-order valence-electron chi connectivity index (χ0n) is 16.1. The molecule has 0 aliphatic heterocycles. The number of nitrogens with one attached hydrogen (secondary N) is 1. The normalized spacial score (nSPS) is 10.9. The highest BCUT2D eigenvalue weighted by atomic mass is 16.5. The van der Waals surface area contributed by atoms with Crippen molar-refractivity contribution in [2.24, 2.45) is 0 Å². The minimum atomic E-state index is -0.294. The first-order valence-electron chi connectivity index (χ1n) is 8.61. The van der Waals surface area contributed by atoms with E-state index in [2.05, 4.69) is 15.5 Å². The molecule has 0 atom stereocenters. The van der Waals surface area contributed by atoms with Gasteiger partial charge in [-0.3, -0.25) is 9.59 Å². The molecule has 0 fully saturated rings. The van der Waals surface area contributed by atoms with Crippen LogP contribution in [0.3, 0.4) is 0 Å². The second-order valence-corrected chi connectivity index (χ2v) is 6.83. The first kappa shape index (κ1) is 18.6. The maximum Gasteiger partial charge on any atom is 0.257 e. The molecule has 3 rings (SSSR count). The zero-order valence-corrected chi connectivity index (χ0v) is 16.1. The van der Waals surface area contributed by atoms with Crippen molar-refractivity contribution in [2.75, 3.05) is 18.9 Å². The first-order chi connectivity index (χ1) is 12.8. The summed E-state index contributed by atoms with van der Waals surface area (Å²) in [7, 11) is 1.58. The minimum Gasteiger partial charge on any atom is -0.336 e. The second kappa shape index (κ2) is 7.19. The number of carbonyl (C=O) groups excluding carboxylic acids is 2. The number of rotatable bonds is 4. The van der Waals surface area contributed by atoms with Crippen LogP contribution in [0.1, 0.15) is 32.7 Å². The average molecular weight is 366 g/mol. The average Bonchev–Trinajstić information content (AvgIpc) is 2.98. The fraction of sp³-hybridized carbons (Fsp3) is 0.300. The third-order valence-electron chi connectivity index (χ3n) is 4.43. The van der Waals surface area contributed by atoms with E-state index in [-0.39, 0.29) is 18.4 Å². The van der Waals surface area contributed by atoms with E-state index in [1.165, 1.54) is 11.1 Å². The van der Waals surface area contributed by atoms with Gasteiger partial charge in [0.1, 0.15) is 0 Å². The Morgan fingerprint density at radius 3 is 2.44 bits per heavy atom. The highest BCUT2D eigenvalue weighted by molar-refractivity contribution is 6.01. The SMILES string of the molecule is Cc1cc(C)c(NC(=O)CN(C)C(=O)c2cnc3onc(C)c3c2)c(C)c1. The molecule has 3 aromatic rings. The van der Waals surface area contributed by atoms with Crippen LogP contribution in [0.4, 0.5) is 5.69 Å². The molecule has 7 nitrogen and oxygen atoms in total. The van der Waals surface area contributed by atoms with E-state index in [0.29, 0.717) is 22.4 Å². The number of pyridine rings is 1. The summed E-state index contributed by atoms with van der Waals surface area (Å²) < 4.78 is 5.06. The molecule has 27 heavy (non-hydrogen) atoms. The number of fused-ring (bicyclic) bond motifs is 1. The van der Waals surface area contributed by atoms with E-state index in [1.807, 2.05) is 32.9 Å². The predicted octanol–water partition coefficient (Wildman–Crippen LogP) is 3.17. The van der Waals surface area contributed by atoms with Gasteiger partial charge in [-0.25, -0.2) is 4.98 Å². The first-order valence-corrected chi connectivity index (χ1v) is 8.61. The Labute approximate surface area is 157 Å². The third kappa shape index (κ3) is 3.81. The molecule has 0 unspecified atom stereocenters. The lowest BCUT2D eigenvalue weighted by Crippen LogP contribution is -2.35. The Balaban J connectivity index is 1.72. The summed E-state index contributed by atoms with van der Waals surface area (Å²) in [6.45, 7) is 7.64. The summed E-state index contributed by atoms with van der Waals surface area (Å²) in [6.07, 6.45) is 1.43. The van der Waals surface area contributed by atoms with E-state index in [0.717, 1.165) is 22.4 Å². The van der Waals surface area contributed by atoms with Gasteiger partial charge >= 0.3 is 0 Å². The molecule has 0 saturated heterocycles. The number of aromatic nitrogens is 2. The lowest BCUT2D eigenvalue weighted by molar-refractivity contribution is -0.116. The van der Waals surface area contributed by atoms with Crippen molar-refractivity contribution in [3.63, 3.8) is 0 Å². The van der Waals surface area contributed by atoms with Crippen LogP contribution in [-0.2, 0) is 4.79 Å². The largest absolute Gasteiger partial charge is 0.336 e. The predicted molar refractivity (Wildman–Crippen MR) is 103 cm³/mol. The molecule has 0 aliphatic rings. The van der Waals surface area contributed by atoms with Crippen molar-refractivity contribution in [3.05, 3.63) is 52.3 Å². The molecule has 2 amide bonds. The van der Waals surface area contributed by atoms with Crippen molar-refractivity contribution in [3.8, 4) is 0 Å². The molecule has 0 aliphatic carbocycles. The fourth-order valence-electron chi connectivity index (χ4n) is 3.13. The summed E-state index contributed by atoms with van der Waals surface area (Å²) in [5, 5.41) is 7.42. The van der Waals surface area contributed by atoms with Gasteiger partial charge in [0.05, 0.1) is 23.2 Å². The molecule has 0 radical (unpaired) electrons. The Hall–Kier alpha value is -3.22. The van der Waals surface area contributed by atoms with E-state index in [1.54, 1.807) is 20.0 Å². The van der Waals surface area contributed by atoms with Crippen LogP contribution in [0.15, 0.2) is 28.9 Å². The van der Waals surface area contributed by atoms with Crippen LogP contribution in [0.5, 0.6) is 0 Å². The van der Waals surface area contributed by atoms with Crippen molar-refractivity contribution in [1.82, 2.24) is 15.0 Å². The molecular weight excluding hydrogens is 344 g/mol. The lowest BCUT2D eigenvalue weighted by atomic mass is 10.1. The van der Waals surface area contributed by atoms with Gasteiger partial charge in [0, 0.05) is 18.9 Å². The van der Waals surface area contributed by atoms with Crippen LogP contribution in [-0.4, -0.2) is 40.4 Å². The van der Waals surface area contributed by atoms with Crippen molar-refractivity contribution in [1.29, 1.82) is 0 Å². The van der Waals surface area contributed by atoms with Crippen LogP contribution in [0.2, 0.25) is 0 Å².